The molecule has 1 saturated carbocycles. The van der Waals surface area contributed by atoms with Crippen LogP contribution in [0.4, 0.5) is 0 Å². The van der Waals surface area contributed by atoms with Gasteiger partial charge in [0.15, 0.2) is 0 Å². The third-order valence-electron chi connectivity index (χ3n) is 5.74. The molecule has 24 heavy (non-hydrogen) atoms. The molecule has 4 nitrogen and oxygen atoms in total. The second-order valence-corrected chi connectivity index (χ2v) is 7.24. The molecule has 1 spiro atoms. The normalized spacial score (nSPS) is 25.7. The summed E-state index contributed by atoms with van der Waals surface area (Å²) in [6, 6.07) is 8.19. The second kappa shape index (κ2) is 7.42. The van der Waals surface area contributed by atoms with E-state index in [1.807, 2.05) is 17.0 Å². The van der Waals surface area contributed by atoms with Crippen LogP contribution in [0, 0.1) is 0 Å². The van der Waals surface area contributed by atoms with E-state index in [4.69, 9.17) is 4.74 Å². The van der Waals surface area contributed by atoms with Gasteiger partial charge in [-0.05, 0) is 43.4 Å². The summed E-state index contributed by atoms with van der Waals surface area (Å²) in [4.78, 5) is 15.2. The van der Waals surface area contributed by atoms with Crippen molar-refractivity contribution in [2.24, 2.45) is 0 Å². The van der Waals surface area contributed by atoms with Gasteiger partial charge in [-0.2, -0.15) is 0 Å². The van der Waals surface area contributed by atoms with Crippen molar-refractivity contribution in [3.8, 4) is 0 Å². The van der Waals surface area contributed by atoms with Crippen molar-refractivity contribution in [2.45, 2.75) is 43.6 Å². The molecule has 1 aromatic rings. The maximum Gasteiger partial charge on any atom is 0.254 e. The third-order valence-corrected chi connectivity index (χ3v) is 5.74. The first-order chi connectivity index (χ1) is 11.3. The molecule has 2 aliphatic heterocycles. The van der Waals surface area contributed by atoms with Crippen LogP contribution in [0.25, 0.3) is 0 Å². The van der Waals surface area contributed by atoms with Crippen LogP contribution in [-0.4, -0.2) is 49.2 Å². The number of nitrogens with one attached hydrogen (secondary N) is 1. The molecule has 3 fully saturated rings. The quantitative estimate of drug-likeness (QED) is 0.891. The molecule has 2 saturated heterocycles. The first-order valence-electron chi connectivity index (χ1n) is 9.00. The van der Waals surface area contributed by atoms with Crippen LogP contribution in [0.3, 0.4) is 0 Å². The van der Waals surface area contributed by atoms with Crippen molar-refractivity contribution >= 4 is 18.3 Å². The Labute approximate surface area is 150 Å². The molecule has 1 atom stereocenters. The van der Waals surface area contributed by atoms with Gasteiger partial charge in [-0.15, -0.1) is 12.4 Å². The lowest BCUT2D eigenvalue weighted by Crippen LogP contribution is -2.52. The van der Waals surface area contributed by atoms with E-state index >= 15 is 0 Å². The van der Waals surface area contributed by atoms with E-state index < -0.39 is 0 Å². The summed E-state index contributed by atoms with van der Waals surface area (Å²) in [6.07, 6.45) is 5.78. The monoisotopic (exact) mass is 350 g/mol. The molecule has 4 rings (SSSR count). The number of carbonyl (C=O) groups excluding carboxylic acids is 1. The van der Waals surface area contributed by atoms with Crippen LogP contribution < -0.4 is 5.32 Å². The van der Waals surface area contributed by atoms with Gasteiger partial charge in [0, 0.05) is 18.7 Å². The van der Waals surface area contributed by atoms with Crippen molar-refractivity contribution < 1.29 is 9.53 Å². The van der Waals surface area contributed by atoms with Gasteiger partial charge in [-0.3, -0.25) is 4.79 Å². The minimum absolute atomic E-state index is 0. The van der Waals surface area contributed by atoms with Gasteiger partial charge in [0.1, 0.15) is 0 Å². The van der Waals surface area contributed by atoms with Gasteiger partial charge in [0.05, 0.1) is 18.8 Å². The minimum atomic E-state index is -0.0578. The fraction of sp³-hybridized carbons (Fsp3) is 0.632. The average Bonchev–Trinajstić information content (AvgIpc) is 3.27. The lowest BCUT2D eigenvalue weighted by atomic mass is 9.92. The largest absolute Gasteiger partial charge is 0.371 e. The summed E-state index contributed by atoms with van der Waals surface area (Å²) in [5, 5.41) is 3.41. The molecular weight excluding hydrogens is 324 g/mol. The van der Waals surface area contributed by atoms with E-state index in [1.54, 1.807) is 0 Å². The third kappa shape index (κ3) is 3.32. The smallest absolute Gasteiger partial charge is 0.254 e. The van der Waals surface area contributed by atoms with Gasteiger partial charge >= 0.3 is 0 Å². The van der Waals surface area contributed by atoms with E-state index in [0.29, 0.717) is 12.5 Å². The first kappa shape index (κ1) is 17.7. The molecule has 1 unspecified atom stereocenters. The summed E-state index contributed by atoms with van der Waals surface area (Å²) in [5.41, 5.74) is 2.06. The van der Waals surface area contributed by atoms with Gasteiger partial charge in [-0.25, -0.2) is 0 Å². The highest BCUT2D eigenvalue weighted by molar-refractivity contribution is 5.96. The van der Waals surface area contributed by atoms with Crippen molar-refractivity contribution in [3.05, 3.63) is 35.4 Å². The number of ether oxygens (including phenoxy) is 1. The summed E-state index contributed by atoms with van der Waals surface area (Å²) in [6.45, 7) is 4.20. The van der Waals surface area contributed by atoms with Gasteiger partial charge in [-0.1, -0.05) is 31.0 Å². The van der Waals surface area contributed by atoms with E-state index in [-0.39, 0.29) is 23.9 Å². The number of hydrogen-bond donors (Lipinski definition) is 1. The molecule has 5 heteroatoms. The maximum atomic E-state index is 13.2. The standard InChI is InChI=1S/C19H26N2O2.ClH/c22-18(21-11-12-23-19(14-21)8-3-4-9-19)17-6-2-1-5-16(17)15-7-10-20-13-15;/h1-2,5-6,15,20H,3-4,7-14H2;1H. The molecule has 1 aromatic carbocycles. The Balaban J connectivity index is 0.00000169. The average molecular weight is 351 g/mol. The highest BCUT2D eigenvalue weighted by atomic mass is 35.5. The Morgan fingerprint density at radius 3 is 2.79 bits per heavy atom. The van der Waals surface area contributed by atoms with E-state index in [2.05, 4.69) is 17.4 Å². The summed E-state index contributed by atoms with van der Waals surface area (Å²) in [7, 11) is 0. The number of halogens is 1. The fourth-order valence-electron chi connectivity index (χ4n) is 4.48. The Morgan fingerprint density at radius 2 is 2.04 bits per heavy atom. The highest BCUT2D eigenvalue weighted by Crippen LogP contribution is 2.36. The van der Waals surface area contributed by atoms with Gasteiger partial charge < -0.3 is 15.0 Å². The molecule has 132 valence electrons. The van der Waals surface area contributed by atoms with Crippen molar-refractivity contribution in [3.63, 3.8) is 0 Å². The maximum absolute atomic E-state index is 13.2. The zero-order valence-electron chi connectivity index (χ0n) is 14.1. The Bertz CT molecular complexity index is 580. The molecule has 1 N–H and O–H groups in total. The van der Waals surface area contributed by atoms with Crippen LogP contribution in [0.15, 0.2) is 24.3 Å². The summed E-state index contributed by atoms with van der Waals surface area (Å²) >= 11 is 0. The Hall–Kier alpha value is -1.10. The Kier molecular flexibility index (Phi) is 5.48. The van der Waals surface area contributed by atoms with E-state index in [9.17, 15) is 4.79 Å². The van der Waals surface area contributed by atoms with E-state index in [1.165, 1.54) is 18.4 Å². The summed E-state index contributed by atoms with van der Waals surface area (Å²) < 4.78 is 6.07. The number of amides is 1. The van der Waals surface area contributed by atoms with Crippen molar-refractivity contribution in [1.29, 1.82) is 0 Å². The molecule has 1 aliphatic carbocycles. The topological polar surface area (TPSA) is 41.6 Å². The van der Waals surface area contributed by atoms with Crippen LogP contribution in [-0.2, 0) is 4.74 Å². The number of benzene rings is 1. The molecule has 3 aliphatic rings. The van der Waals surface area contributed by atoms with Crippen LogP contribution in [0.1, 0.15) is 53.9 Å². The molecule has 2 heterocycles. The number of nitrogens with zero attached hydrogens (tertiary/aromatic N) is 1. The van der Waals surface area contributed by atoms with Crippen LogP contribution >= 0.6 is 12.4 Å². The van der Waals surface area contributed by atoms with Gasteiger partial charge in [0.25, 0.3) is 5.91 Å². The van der Waals surface area contributed by atoms with E-state index in [0.717, 1.165) is 51.0 Å². The predicted octanol–water partition coefficient (Wildman–Crippen LogP) is 2.97. The second-order valence-electron chi connectivity index (χ2n) is 7.24. The zero-order chi connectivity index (χ0) is 15.7. The Morgan fingerprint density at radius 1 is 1.25 bits per heavy atom. The lowest BCUT2D eigenvalue weighted by Gasteiger charge is -2.40. The predicted molar refractivity (Wildman–Crippen MR) is 97.0 cm³/mol. The van der Waals surface area contributed by atoms with Crippen LogP contribution in [0.2, 0.25) is 0 Å². The molecule has 0 bridgehead atoms. The number of morpholine rings is 1. The number of carbonyl (C=O) groups is 1. The number of hydrogen-bond acceptors (Lipinski definition) is 3. The lowest BCUT2D eigenvalue weighted by molar-refractivity contribution is -0.0948. The first-order valence-corrected chi connectivity index (χ1v) is 9.00. The van der Waals surface area contributed by atoms with Crippen LogP contribution in [0.5, 0.6) is 0 Å². The fourth-order valence-corrected chi connectivity index (χ4v) is 4.48. The zero-order valence-corrected chi connectivity index (χ0v) is 14.9. The minimum Gasteiger partial charge on any atom is -0.371 e. The molecular formula is C19H27ClN2O2. The van der Waals surface area contributed by atoms with Crippen molar-refractivity contribution in [1.82, 2.24) is 10.2 Å². The summed E-state index contributed by atoms with van der Waals surface area (Å²) in [5.74, 6) is 0.665. The van der Waals surface area contributed by atoms with Crippen molar-refractivity contribution in [2.75, 3.05) is 32.8 Å². The SMILES string of the molecule is Cl.O=C(c1ccccc1C1CCNC1)N1CCOC2(CCCC2)C1. The molecule has 0 radical (unpaired) electrons. The number of rotatable bonds is 2. The molecule has 0 aromatic heterocycles. The van der Waals surface area contributed by atoms with Gasteiger partial charge in [0.2, 0.25) is 0 Å². The molecule has 1 amide bonds. The highest BCUT2D eigenvalue weighted by Gasteiger charge is 2.41.